The molecular formula is C48H44N4O4. The monoisotopic (exact) mass is 740 g/mol. The van der Waals surface area contributed by atoms with E-state index in [0.29, 0.717) is 18.5 Å². The summed E-state index contributed by atoms with van der Waals surface area (Å²) < 4.78 is 13.5. The van der Waals surface area contributed by atoms with Gasteiger partial charge in [-0.05, 0) is 57.1 Å². The van der Waals surface area contributed by atoms with Gasteiger partial charge in [-0.15, -0.1) is 0 Å². The first-order valence-electron chi connectivity index (χ1n) is 19.1. The molecule has 1 fully saturated rings. The largest absolute Gasteiger partial charge is 0.392 e. The molecule has 8 rings (SSSR count). The average Bonchev–Trinajstić information content (AvgIpc) is 3.26. The zero-order chi connectivity index (χ0) is 38.1. The Labute approximate surface area is 327 Å². The van der Waals surface area contributed by atoms with E-state index < -0.39 is 6.29 Å². The maximum Gasteiger partial charge on any atom is 0.271 e. The van der Waals surface area contributed by atoms with Crippen LogP contribution in [0, 0.1) is 0 Å². The summed E-state index contributed by atoms with van der Waals surface area (Å²) in [7, 11) is 0. The zero-order valence-corrected chi connectivity index (χ0v) is 31.1. The van der Waals surface area contributed by atoms with Crippen molar-refractivity contribution in [1.82, 2.24) is 20.2 Å². The number of para-hydroxylation sites is 2. The summed E-state index contributed by atoms with van der Waals surface area (Å²) in [6.45, 7) is 2.68. The number of rotatable bonds is 13. The molecule has 1 saturated heterocycles. The molecule has 1 aromatic heterocycles. The number of carbonyl (C=O) groups is 1. The predicted octanol–water partition coefficient (Wildman–Crippen LogP) is 8.97. The molecule has 2 heterocycles. The van der Waals surface area contributed by atoms with Gasteiger partial charge in [0.25, 0.3) is 5.91 Å². The summed E-state index contributed by atoms with van der Waals surface area (Å²) in [6.07, 6.45) is 1.35. The van der Waals surface area contributed by atoms with Crippen LogP contribution >= 0.6 is 0 Å². The summed E-state index contributed by atoms with van der Waals surface area (Å²) >= 11 is 0. The second-order valence-corrected chi connectivity index (χ2v) is 14.2. The molecule has 0 saturated carbocycles. The van der Waals surface area contributed by atoms with E-state index in [1.54, 1.807) is 0 Å². The minimum atomic E-state index is -0.569. The number of aromatic nitrogens is 2. The lowest BCUT2D eigenvalue weighted by Crippen LogP contribution is -2.39. The minimum Gasteiger partial charge on any atom is -0.392 e. The highest BCUT2D eigenvalue weighted by molar-refractivity contribution is 5.93. The van der Waals surface area contributed by atoms with E-state index in [2.05, 4.69) is 129 Å². The van der Waals surface area contributed by atoms with Gasteiger partial charge in [-0.1, -0.05) is 140 Å². The lowest BCUT2D eigenvalue weighted by molar-refractivity contribution is -0.253. The van der Waals surface area contributed by atoms with E-state index in [-0.39, 0.29) is 30.4 Å². The maximum atomic E-state index is 12.9. The van der Waals surface area contributed by atoms with Crippen LogP contribution in [0.25, 0.3) is 22.2 Å². The number of aliphatic hydroxyl groups excluding tert-OH is 1. The van der Waals surface area contributed by atoms with Crippen molar-refractivity contribution < 1.29 is 19.4 Å². The molecule has 0 spiro atoms. The molecule has 1 aliphatic heterocycles. The Morgan fingerprint density at radius 3 is 2.00 bits per heavy atom. The molecule has 7 aromatic rings. The summed E-state index contributed by atoms with van der Waals surface area (Å²) in [5.74, 6) is -0.269. The van der Waals surface area contributed by atoms with Gasteiger partial charge in [0, 0.05) is 38.2 Å². The van der Waals surface area contributed by atoms with Crippen molar-refractivity contribution in [1.29, 1.82) is 0 Å². The molecule has 0 bridgehead atoms. The first-order chi connectivity index (χ1) is 27.6. The second kappa shape index (κ2) is 17.6. The fraction of sp³-hybridized carbons (Fsp3) is 0.188. The fourth-order valence-electron chi connectivity index (χ4n) is 7.22. The highest BCUT2D eigenvalue weighted by Crippen LogP contribution is 2.39. The average molecular weight is 741 g/mol. The van der Waals surface area contributed by atoms with E-state index in [4.69, 9.17) is 9.47 Å². The molecule has 0 aliphatic carbocycles. The second-order valence-electron chi connectivity index (χ2n) is 14.2. The quantitative estimate of drug-likeness (QED) is 0.122. The molecule has 0 radical (unpaired) electrons. The molecule has 8 nitrogen and oxygen atoms in total. The number of nitrogens with one attached hydrogen (secondary N) is 1. The van der Waals surface area contributed by atoms with Crippen LogP contribution in [0.3, 0.4) is 0 Å². The maximum absolute atomic E-state index is 12.9. The van der Waals surface area contributed by atoms with Gasteiger partial charge < -0.3 is 19.9 Å². The highest BCUT2D eigenvalue weighted by Gasteiger charge is 2.33. The summed E-state index contributed by atoms with van der Waals surface area (Å²) in [5.41, 5.74) is 10.2. The van der Waals surface area contributed by atoms with Crippen molar-refractivity contribution in [3.05, 3.63) is 203 Å². The Kier molecular flexibility index (Phi) is 11.6. The number of benzene rings is 6. The van der Waals surface area contributed by atoms with Crippen molar-refractivity contribution in [2.45, 2.75) is 51.2 Å². The van der Waals surface area contributed by atoms with Crippen molar-refractivity contribution >= 4 is 16.9 Å². The lowest BCUT2D eigenvalue weighted by atomic mass is 9.98. The zero-order valence-electron chi connectivity index (χ0n) is 31.1. The van der Waals surface area contributed by atoms with E-state index in [0.717, 1.165) is 58.5 Å². The van der Waals surface area contributed by atoms with Crippen LogP contribution in [-0.4, -0.2) is 38.5 Å². The Morgan fingerprint density at radius 2 is 1.30 bits per heavy atom. The van der Waals surface area contributed by atoms with Gasteiger partial charge in [-0.25, -0.2) is 4.98 Å². The summed E-state index contributed by atoms with van der Waals surface area (Å²) in [5, 5.41) is 12.7. The van der Waals surface area contributed by atoms with E-state index >= 15 is 0 Å². The third-order valence-corrected chi connectivity index (χ3v) is 10.2. The molecule has 56 heavy (non-hydrogen) atoms. The molecule has 1 aliphatic rings. The van der Waals surface area contributed by atoms with Gasteiger partial charge >= 0.3 is 0 Å². The highest BCUT2D eigenvalue weighted by atomic mass is 16.7. The molecule has 8 heteroatoms. The first kappa shape index (κ1) is 36.9. The fourth-order valence-corrected chi connectivity index (χ4v) is 7.22. The van der Waals surface area contributed by atoms with E-state index in [9.17, 15) is 9.90 Å². The van der Waals surface area contributed by atoms with Gasteiger partial charge in [-0.3, -0.25) is 14.7 Å². The van der Waals surface area contributed by atoms with Crippen LogP contribution < -0.4 is 5.32 Å². The Morgan fingerprint density at radius 1 is 0.661 bits per heavy atom. The Bertz CT molecular complexity index is 2310. The van der Waals surface area contributed by atoms with Gasteiger partial charge in [-0.2, -0.15) is 0 Å². The molecular weight excluding hydrogens is 697 g/mol. The van der Waals surface area contributed by atoms with E-state index in [1.807, 2.05) is 48.5 Å². The van der Waals surface area contributed by atoms with Crippen LogP contribution in [0.2, 0.25) is 0 Å². The van der Waals surface area contributed by atoms with Crippen LogP contribution in [0.1, 0.15) is 62.7 Å². The number of hydrogen-bond donors (Lipinski definition) is 2. The van der Waals surface area contributed by atoms with Crippen LogP contribution in [0.5, 0.6) is 0 Å². The van der Waals surface area contributed by atoms with Crippen LogP contribution in [-0.2, 0) is 35.7 Å². The number of hydrogen-bond acceptors (Lipinski definition) is 7. The summed E-state index contributed by atoms with van der Waals surface area (Å²) in [6, 6.07) is 53.2. The van der Waals surface area contributed by atoms with Gasteiger partial charge in [0.15, 0.2) is 6.29 Å². The first-order valence-corrected chi connectivity index (χ1v) is 19.1. The molecule has 1 amide bonds. The standard InChI is InChI=1S/C48H44N4O4/c53-33-36-18-20-39(21-19-36)46-27-42(32-52(30-34-10-3-1-4-11-34)31-35-12-5-2-6-13-35)55-48(56-46)40-24-22-38(23-25-40)41-15-9-14-37(26-41)28-50-47(54)45-29-49-43-16-7-8-17-44(43)51-45/h1-26,29,42,46,48,53H,27-28,30-33H2,(H,50,54)/t42-,46+,48+/m0/s1. The SMILES string of the molecule is O=C(NCc1cccc(-c2ccc([C@@H]3O[C@H](CN(Cc4ccccc4)Cc4ccccc4)C[C@H](c4ccc(CO)cc4)O3)cc2)c1)c1cnc2ccccc2n1. The topological polar surface area (TPSA) is 96.8 Å². The number of fused-ring (bicyclic) bond motifs is 1. The lowest BCUT2D eigenvalue weighted by Gasteiger charge is -2.38. The Balaban J connectivity index is 0.985. The third kappa shape index (κ3) is 9.25. The molecule has 3 atom stereocenters. The van der Waals surface area contributed by atoms with Gasteiger partial charge in [0.05, 0.1) is 36.0 Å². The number of nitrogens with zero attached hydrogens (tertiary/aromatic N) is 3. The van der Waals surface area contributed by atoms with E-state index in [1.165, 1.54) is 17.3 Å². The molecule has 0 unspecified atom stereocenters. The molecule has 6 aromatic carbocycles. The van der Waals surface area contributed by atoms with Crippen LogP contribution in [0.4, 0.5) is 0 Å². The normalized spacial score (nSPS) is 16.9. The summed E-state index contributed by atoms with van der Waals surface area (Å²) in [4.78, 5) is 24.2. The number of carbonyl (C=O) groups excluding carboxylic acids is 1. The van der Waals surface area contributed by atoms with Crippen molar-refractivity contribution in [2.75, 3.05) is 6.54 Å². The Hall–Kier alpha value is -6.03. The minimum absolute atomic E-state index is 0.00148. The third-order valence-electron chi connectivity index (χ3n) is 10.2. The van der Waals surface area contributed by atoms with Crippen molar-refractivity contribution in [3.8, 4) is 11.1 Å². The van der Waals surface area contributed by atoms with Crippen LogP contribution in [0.15, 0.2) is 164 Å². The smallest absolute Gasteiger partial charge is 0.271 e. The van der Waals surface area contributed by atoms with Gasteiger partial charge in [0.1, 0.15) is 5.69 Å². The predicted molar refractivity (Wildman–Crippen MR) is 218 cm³/mol. The van der Waals surface area contributed by atoms with Crippen molar-refractivity contribution in [3.63, 3.8) is 0 Å². The number of ether oxygens (including phenoxy) is 2. The molecule has 280 valence electrons. The molecule has 2 N–H and O–H groups in total. The number of amides is 1. The van der Waals surface area contributed by atoms with Gasteiger partial charge in [0.2, 0.25) is 0 Å². The number of aliphatic hydroxyl groups is 1. The van der Waals surface area contributed by atoms with Crippen molar-refractivity contribution in [2.24, 2.45) is 0 Å².